The molecule has 0 spiro atoms. The van der Waals surface area contributed by atoms with Crippen LogP contribution in [0.15, 0.2) is 35.1 Å². The fraction of sp³-hybridized carbons (Fsp3) is 0.552. The first-order chi connectivity index (χ1) is 19.8. The Morgan fingerprint density at radius 3 is 2.33 bits per heavy atom. The first-order valence-corrected chi connectivity index (χ1v) is 14.0. The molecule has 1 saturated carbocycles. The van der Waals surface area contributed by atoms with Crippen LogP contribution >= 0.6 is 0 Å². The fourth-order valence-electron chi connectivity index (χ4n) is 7.07. The second kappa shape index (κ2) is 10.7. The van der Waals surface area contributed by atoms with Gasteiger partial charge in [-0.2, -0.15) is 0 Å². The molecule has 13 heteroatoms. The van der Waals surface area contributed by atoms with Crippen LogP contribution < -0.4 is 5.32 Å². The van der Waals surface area contributed by atoms with E-state index in [4.69, 9.17) is 5.11 Å². The predicted molar refractivity (Wildman–Crippen MR) is 149 cm³/mol. The van der Waals surface area contributed by atoms with Gasteiger partial charge >= 0.3 is 0 Å². The summed E-state index contributed by atoms with van der Waals surface area (Å²) in [6, 6.07) is 3.06. The topological polar surface area (TPSA) is 194 Å². The lowest BCUT2D eigenvalue weighted by Crippen LogP contribution is -2.67. The molecule has 228 valence electrons. The molecule has 7 N–H and O–H groups in total. The molecule has 3 aliphatic carbocycles. The van der Waals surface area contributed by atoms with Crippen LogP contribution in [0.5, 0.6) is 5.75 Å². The monoisotopic (exact) mass is 586 g/mol. The summed E-state index contributed by atoms with van der Waals surface area (Å²) >= 11 is 0. The SMILES string of the molecule is CN(C)[C@@H]1C(=O)C(C(=O)NCN2CCN(CCO)CC2)=C(O)[C@@]2(O)C(=O)C3=C(O)c4c(O)cccc4[C@@](C)(O)[C@H]3C[C@H]12. The minimum atomic E-state index is -2.76. The lowest BCUT2D eigenvalue weighted by molar-refractivity contribution is -0.159. The van der Waals surface area contributed by atoms with Crippen molar-refractivity contribution in [1.82, 2.24) is 20.0 Å². The molecule has 2 fully saturated rings. The molecule has 1 aromatic rings. The molecule has 1 heterocycles. The number of ketones is 2. The average Bonchev–Trinajstić information content (AvgIpc) is 2.93. The number of carbonyl (C=O) groups is 3. The first-order valence-electron chi connectivity index (χ1n) is 14.0. The van der Waals surface area contributed by atoms with Gasteiger partial charge in [-0.15, -0.1) is 0 Å². The van der Waals surface area contributed by atoms with Crippen molar-refractivity contribution >= 4 is 23.2 Å². The summed E-state index contributed by atoms with van der Waals surface area (Å²) in [7, 11) is 3.10. The Balaban J connectivity index is 1.53. The van der Waals surface area contributed by atoms with Crippen LogP contribution in [-0.2, 0) is 20.0 Å². The zero-order valence-electron chi connectivity index (χ0n) is 23.9. The van der Waals surface area contributed by atoms with Crippen LogP contribution in [0.4, 0.5) is 0 Å². The average molecular weight is 587 g/mol. The maximum Gasteiger partial charge on any atom is 0.259 e. The number of benzene rings is 1. The molecular formula is C29H38N4O9. The minimum absolute atomic E-state index is 0.0442. The highest BCUT2D eigenvalue weighted by Crippen LogP contribution is 2.57. The van der Waals surface area contributed by atoms with Crippen LogP contribution in [-0.4, -0.2) is 135 Å². The molecule has 1 saturated heterocycles. The van der Waals surface area contributed by atoms with E-state index in [0.29, 0.717) is 32.7 Å². The number of phenols is 1. The zero-order chi connectivity index (χ0) is 30.7. The summed E-state index contributed by atoms with van der Waals surface area (Å²) in [5, 5.41) is 68.5. The van der Waals surface area contributed by atoms with E-state index in [2.05, 4.69) is 10.2 Å². The number of nitrogens with zero attached hydrogens (tertiary/aromatic N) is 3. The number of fused-ring (bicyclic) bond motifs is 3. The number of Topliss-reactive ketones (excluding diaryl/α,β-unsaturated/α-hetero) is 2. The van der Waals surface area contributed by atoms with E-state index < -0.39 is 69.2 Å². The van der Waals surface area contributed by atoms with E-state index in [1.807, 2.05) is 4.90 Å². The molecule has 0 radical (unpaired) electrons. The number of phenolic OH excluding ortho intramolecular Hbond substituents is 1. The zero-order valence-corrected chi connectivity index (χ0v) is 23.9. The van der Waals surface area contributed by atoms with Crippen LogP contribution in [0.2, 0.25) is 0 Å². The van der Waals surface area contributed by atoms with Crippen molar-refractivity contribution in [1.29, 1.82) is 0 Å². The third kappa shape index (κ3) is 4.43. The summed E-state index contributed by atoms with van der Waals surface area (Å²) in [4.78, 5) is 46.7. The number of aromatic hydroxyl groups is 1. The molecule has 5 rings (SSSR count). The van der Waals surface area contributed by atoms with Gasteiger partial charge in [-0.05, 0) is 39.1 Å². The number of piperazine rings is 1. The lowest BCUT2D eigenvalue weighted by atomic mass is 9.54. The van der Waals surface area contributed by atoms with Gasteiger partial charge in [0, 0.05) is 50.1 Å². The summed E-state index contributed by atoms with van der Waals surface area (Å²) in [6.07, 6.45) is -0.199. The minimum Gasteiger partial charge on any atom is -0.508 e. The number of hydrogen-bond donors (Lipinski definition) is 7. The molecule has 1 aliphatic heterocycles. The van der Waals surface area contributed by atoms with Gasteiger partial charge in [-0.25, -0.2) is 0 Å². The van der Waals surface area contributed by atoms with Gasteiger partial charge in [-0.3, -0.25) is 29.1 Å². The number of nitrogens with one attached hydrogen (secondary N) is 1. The quantitative estimate of drug-likeness (QED) is 0.198. The van der Waals surface area contributed by atoms with Gasteiger partial charge in [0.15, 0.2) is 11.4 Å². The summed E-state index contributed by atoms with van der Waals surface area (Å²) in [5.41, 5.74) is -5.68. The highest BCUT2D eigenvalue weighted by atomic mass is 16.3. The highest BCUT2D eigenvalue weighted by molar-refractivity contribution is 6.25. The normalized spacial score (nSPS) is 32.1. The van der Waals surface area contributed by atoms with Crippen molar-refractivity contribution in [3.63, 3.8) is 0 Å². The van der Waals surface area contributed by atoms with Crippen LogP contribution in [0.1, 0.15) is 24.5 Å². The molecule has 0 bridgehead atoms. The van der Waals surface area contributed by atoms with Gasteiger partial charge in [0.2, 0.25) is 5.78 Å². The Morgan fingerprint density at radius 2 is 1.71 bits per heavy atom. The number of aliphatic hydroxyl groups excluding tert-OH is 3. The number of rotatable bonds is 6. The van der Waals surface area contributed by atoms with Crippen molar-refractivity contribution < 1.29 is 45.0 Å². The number of β-amino-alcohol motifs (C(OH)–C–C–N with tert-alkyl or cyclic N) is 1. The number of carbonyl (C=O) groups excluding carboxylic acids is 3. The van der Waals surface area contributed by atoms with Crippen molar-refractivity contribution in [3.8, 4) is 5.75 Å². The van der Waals surface area contributed by atoms with Gasteiger partial charge in [0.25, 0.3) is 5.91 Å². The maximum absolute atomic E-state index is 14.1. The van der Waals surface area contributed by atoms with Gasteiger partial charge in [0.05, 0.1) is 30.5 Å². The van der Waals surface area contributed by atoms with Gasteiger partial charge in [-0.1, -0.05) is 12.1 Å². The Bertz CT molecular complexity index is 1380. The molecular weight excluding hydrogens is 548 g/mol. The van der Waals surface area contributed by atoms with Crippen LogP contribution in [0.25, 0.3) is 5.76 Å². The van der Waals surface area contributed by atoms with E-state index in [1.165, 1.54) is 30.0 Å². The Morgan fingerprint density at radius 1 is 1.07 bits per heavy atom. The van der Waals surface area contributed by atoms with E-state index in [-0.39, 0.29) is 36.6 Å². The van der Waals surface area contributed by atoms with Crippen molar-refractivity contribution in [3.05, 3.63) is 46.2 Å². The Hall–Kier alpha value is -3.33. The fourth-order valence-corrected chi connectivity index (χ4v) is 7.07. The maximum atomic E-state index is 14.1. The second-order valence-electron chi connectivity index (χ2n) is 11.9. The summed E-state index contributed by atoms with van der Waals surface area (Å²) < 4.78 is 0. The first kappa shape index (κ1) is 30.1. The van der Waals surface area contributed by atoms with Crippen LogP contribution in [0.3, 0.4) is 0 Å². The standard InChI is InChI=1S/C29H38N4O9/c1-28(41)15-5-4-6-18(35)19(15)23(36)20-16(28)13-17-22(31(2)3)24(37)21(26(39)29(17,42)25(20)38)27(40)30-14-33-9-7-32(8-10-33)11-12-34/h4-6,16-17,22,34-36,39,41-42H,7-14H2,1-3H3,(H,30,40)/t16-,17+,22-,28+,29-/m0/s1. The Kier molecular flexibility index (Phi) is 7.71. The molecule has 1 amide bonds. The Labute approximate surface area is 243 Å². The van der Waals surface area contributed by atoms with E-state index in [0.717, 1.165) is 0 Å². The highest BCUT2D eigenvalue weighted by Gasteiger charge is 2.66. The second-order valence-corrected chi connectivity index (χ2v) is 11.9. The molecule has 5 atom stereocenters. The van der Waals surface area contributed by atoms with Gasteiger partial charge < -0.3 is 36.0 Å². The van der Waals surface area contributed by atoms with E-state index in [1.54, 1.807) is 14.1 Å². The van der Waals surface area contributed by atoms with Crippen molar-refractivity contribution in [2.24, 2.45) is 11.8 Å². The van der Waals surface area contributed by atoms with E-state index in [9.17, 15) is 39.9 Å². The summed E-state index contributed by atoms with van der Waals surface area (Å²) in [5.74, 6) is -7.39. The molecule has 0 aromatic heterocycles. The summed E-state index contributed by atoms with van der Waals surface area (Å²) in [6.45, 7) is 4.58. The molecule has 4 aliphatic rings. The van der Waals surface area contributed by atoms with Gasteiger partial charge in [0.1, 0.15) is 22.8 Å². The molecule has 0 unspecified atom stereocenters. The number of likely N-dealkylation sites (N-methyl/N-ethyl adjacent to an activating group) is 1. The third-order valence-electron chi connectivity index (χ3n) is 9.35. The number of aliphatic hydroxyl groups is 5. The van der Waals surface area contributed by atoms with Crippen LogP contribution in [0, 0.1) is 11.8 Å². The molecule has 1 aromatic carbocycles. The number of hydrogen-bond acceptors (Lipinski definition) is 12. The van der Waals surface area contributed by atoms with E-state index >= 15 is 0 Å². The van der Waals surface area contributed by atoms with Crippen molar-refractivity contribution in [2.45, 2.75) is 30.6 Å². The third-order valence-corrected chi connectivity index (χ3v) is 9.35. The largest absolute Gasteiger partial charge is 0.508 e. The van der Waals surface area contributed by atoms with Crippen molar-refractivity contribution in [2.75, 3.05) is 60.1 Å². The number of amides is 1. The smallest absolute Gasteiger partial charge is 0.259 e. The predicted octanol–water partition coefficient (Wildman–Crippen LogP) is -1.17. The molecule has 42 heavy (non-hydrogen) atoms. The lowest BCUT2D eigenvalue weighted by Gasteiger charge is -2.53. The molecule has 13 nitrogen and oxygen atoms in total.